The number of rotatable bonds is 4. The number of aromatic nitrogens is 1. The summed E-state index contributed by atoms with van der Waals surface area (Å²) in [6.07, 6.45) is 0. The molecule has 0 aliphatic carbocycles. The summed E-state index contributed by atoms with van der Waals surface area (Å²) in [6.45, 7) is 2.96. The van der Waals surface area contributed by atoms with Crippen molar-refractivity contribution in [2.24, 2.45) is 0 Å². The van der Waals surface area contributed by atoms with Crippen LogP contribution in [0.5, 0.6) is 0 Å². The van der Waals surface area contributed by atoms with Gasteiger partial charge in [-0.3, -0.25) is 5.32 Å². The molecule has 0 unspecified atom stereocenters. The maximum Gasteiger partial charge on any atom is 0.325 e. The summed E-state index contributed by atoms with van der Waals surface area (Å²) in [4.78, 5) is 14.6. The zero-order valence-electron chi connectivity index (χ0n) is 14.7. The Hall–Kier alpha value is -3.32. The van der Waals surface area contributed by atoms with E-state index in [1.54, 1.807) is 6.07 Å². The molecule has 138 valence electrons. The number of carbonyl (C=O) groups excluding carboxylic acids is 1. The van der Waals surface area contributed by atoms with Crippen molar-refractivity contribution >= 4 is 23.2 Å². The van der Waals surface area contributed by atoms with Gasteiger partial charge in [-0.25, -0.2) is 4.79 Å². The first-order valence-electron chi connectivity index (χ1n) is 8.81. The molecule has 0 saturated carbocycles. The van der Waals surface area contributed by atoms with Gasteiger partial charge in [-0.05, 0) is 12.1 Å². The van der Waals surface area contributed by atoms with Gasteiger partial charge in [0.2, 0.25) is 0 Å². The number of morpholine rings is 1. The first-order valence-corrected chi connectivity index (χ1v) is 8.81. The Morgan fingerprint density at radius 2 is 1.70 bits per heavy atom. The maximum atomic E-state index is 12.4. The highest BCUT2D eigenvalue weighted by molar-refractivity contribution is 6.01. The molecule has 4 rings (SSSR count). The molecule has 0 spiro atoms. The standard InChI is InChI=1S/C20H20N4O3/c25-20(22-19-14-18(27-23-19)15-6-2-1-3-7-15)21-16-8-4-5-9-17(16)24-10-12-26-13-11-24/h1-9,14H,10-13H2,(H2,21,22,23,25). The molecule has 0 bridgehead atoms. The predicted octanol–water partition coefficient (Wildman–Crippen LogP) is 3.82. The molecule has 1 fully saturated rings. The van der Waals surface area contributed by atoms with Crippen LogP contribution in [0.2, 0.25) is 0 Å². The van der Waals surface area contributed by atoms with Gasteiger partial charge >= 0.3 is 6.03 Å². The van der Waals surface area contributed by atoms with Crippen molar-refractivity contribution in [2.45, 2.75) is 0 Å². The van der Waals surface area contributed by atoms with Crippen molar-refractivity contribution < 1.29 is 14.1 Å². The number of hydrogen-bond donors (Lipinski definition) is 2. The molecular weight excluding hydrogens is 344 g/mol. The third kappa shape index (κ3) is 4.09. The van der Waals surface area contributed by atoms with E-state index in [0.717, 1.165) is 30.0 Å². The van der Waals surface area contributed by atoms with Crippen LogP contribution in [0.4, 0.5) is 22.0 Å². The summed E-state index contributed by atoms with van der Waals surface area (Å²) in [6, 6.07) is 18.6. The van der Waals surface area contributed by atoms with E-state index < -0.39 is 0 Å². The van der Waals surface area contributed by atoms with E-state index in [0.29, 0.717) is 24.8 Å². The minimum absolute atomic E-state index is 0.357. The summed E-state index contributed by atoms with van der Waals surface area (Å²) in [5, 5.41) is 9.52. The van der Waals surface area contributed by atoms with Gasteiger partial charge in [-0.1, -0.05) is 47.6 Å². The van der Waals surface area contributed by atoms with Crippen LogP contribution in [0.1, 0.15) is 0 Å². The van der Waals surface area contributed by atoms with Crippen molar-refractivity contribution in [3.63, 3.8) is 0 Å². The molecule has 0 atom stereocenters. The van der Waals surface area contributed by atoms with Crippen LogP contribution in [-0.4, -0.2) is 37.5 Å². The summed E-state index contributed by atoms with van der Waals surface area (Å²) < 4.78 is 10.7. The van der Waals surface area contributed by atoms with Crippen LogP contribution < -0.4 is 15.5 Å². The van der Waals surface area contributed by atoms with Gasteiger partial charge in [0, 0.05) is 24.7 Å². The predicted molar refractivity (Wildman–Crippen MR) is 104 cm³/mol. The number of ether oxygens (including phenoxy) is 1. The Labute approximate surface area is 156 Å². The number of carbonyl (C=O) groups is 1. The molecule has 2 aromatic carbocycles. The Bertz CT molecular complexity index is 904. The van der Waals surface area contributed by atoms with Crippen LogP contribution in [0.25, 0.3) is 11.3 Å². The van der Waals surface area contributed by atoms with Crippen LogP contribution in [-0.2, 0) is 4.74 Å². The molecule has 7 nitrogen and oxygen atoms in total. The lowest BCUT2D eigenvalue weighted by molar-refractivity contribution is 0.123. The number of amides is 2. The second kappa shape index (κ2) is 7.92. The maximum absolute atomic E-state index is 12.4. The van der Waals surface area contributed by atoms with Crippen LogP contribution in [0, 0.1) is 0 Å². The van der Waals surface area contributed by atoms with Crippen molar-refractivity contribution in [3.05, 3.63) is 60.7 Å². The van der Waals surface area contributed by atoms with Gasteiger partial charge in [-0.15, -0.1) is 0 Å². The highest BCUT2D eigenvalue weighted by Gasteiger charge is 2.16. The van der Waals surface area contributed by atoms with E-state index in [-0.39, 0.29) is 6.03 Å². The lowest BCUT2D eigenvalue weighted by Gasteiger charge is -2.30. The van der Waals surface area contributed by atoms with E-state index in [4.69, 9.17) is 9.26 Å². The van der Waals surface area contributed by atoms with Gasteiger partial charge in [0.1, 0.15) is 0 Å². The number of nitrogens with one attached hydrogen (secondary N) is 2. The summed E-state index contributed by atoms with van der Waals surface area (Å²) >= 11 is 0. The molecule has 1 aliphatic rings. The second-order valence-corrected chi connectivity index (χ2v) is 6.14. The van der Waals surface area contributed by atoms with Crippen molar-refractivity contribution in [1.82, 2.24) is 5.16 Å². The molecule has 1 aromatic heterocycles. The quantitative estimate of drug-likeness (QED) is 0.736. The zero-order valence-corrected chi connectivity index (χ0v) is 14.7. The lowest BCUT2D eigenvalue weighted by atomic mass is 10.2. The number of hydrogen-bond acceptors (Lipinski definition) is 5. The number of urea groups is 1. The van der Waals surface area contributed by atoms with Gasteiger partial charge < -0.3 is 19.5 Å². The second-order valence-electron chi connectivity index (χ2n) is 6.14. The van der Waals surface area contributed by atoms with Crippen LogP contribution in [0.3, 0.4) is 0 Å². The van der Waals surface area contributed by atoms with Crippen LogP contribution >= 0.6 is 0 Å². The largest absolute Gasteiger partial charge is 0.378 e. The Balaban J connectivity index is 1.44. The monoisotopic (exact) mass is 364 g/mol. The molecule has 0 radical (unpaired) electrons. The average Bonchev–Trinajstić information content (AvgIpc) is 3.18. The van der Waals surface area contributed by atoms with Crippen LogP contribution in [0.15, 0.2) is 65.2 Å². The number of anilines is 3. The van der Waals surface area contributed by atoms with Gasteiger partial charge in [0.05, 0.1) is 24.6 Å². The van der Waals surface area contributed by atoms with E-state index in [2.05, 4.69) is 20.7 Å². The van der Waals surface area contributed by atoms with Crippen molar-refractivity contribution in [2.75, 3.05) is 41.8 Å². The molecule has 1 aliphatic heterocycles. The molecular formula is C20H20N4O3. The van der Waals surface area contributed by atoms with E-state index in [1.165, 1.54) is 0 Å². The van der Waals surface area contributed by atoms with Gasteiger partial charge in [-0.2, -0.15) is 0 Å². The minimum Gasteiger partial charge on any atom is -0.378 e. The Morgan fingerprint density at radius 1 is 0.963 bits per heavy atom. The summed E-state index contributed by atoms with van der Waals surface area (Å²) in [5.74, 6) is 0.954. The minimum atomic E-state index is -0.372. The first kappa shape index (κ1) is 17.1. The smallest absolute Gasteiger partial charge is 0.325 e. The molecule has 2 heterocycles. The highest BCUT2D eigenvalue weighted by atomic mass is 16.5. The number of benzene rings is 2. The fraction of sp³-hybridized carbons (Fsp3) is 0.200. The first-order chi connectivity index (χ1) is 13.3. The van der Waals surface area contributed by atoms with Crippen molar-refractivity contribution in [1.29, 1.82) is 0 Å². The number of nitrogens with zero attached hydrogens (tertiary/aromatic N) is 2. The lowest BCUT2D eigenvalue weighted by Crippen LogP contribution is -2.37. The topological polar surface area (TPSA) is 79.6 Å². The Morgan fingerprint density at radius 3 is 2.52 bits per heavy atom. The summed E-state index contributed by atoms with van der Waals surface area (Å²) in [7, 11) is 0. The fourth-order valence-corrected chi connectivity index (χ4v) is 3.00. The number of para-hydroxylation sites is 2. The van der Waals surface area contributed by atoms with Crippen molar-refractivity contribution in [3.8, 4) is 11.3 Å². The molecule has 2 amide bonds. The van der Waals surface area contributed by atoms with E-state index >= 15 is 0 Å². The fourth-order valence-electron chi connectivity index (χ4n) is 3.00. The molecule has 3 aromatic rings. The average molecular weight is 364 g/mol. The van der Waals surface area contributed by atoms with E-state index in [9.17, 15) is 4.79 Å². The van der Waals surface area contributed by atoms with Gasteiger partial charge in [0.25, 0.3) is 0 Å². The third-order valence-electron chi connectivity index (χ3n) is 4.31. The molecule has 27 heavy (non-hydrogen) atoms. The Kier molecular flexibility index (Phi) is 5.02. The zero-order chi connectivity index (χ0) is 18.5. The highest BCUT2D eigenvalue weighted by Crippen LogP contribution is 2.27. The van der Waals surface area contributed by atoms with E-state index in [1.807, 2.05) is 54.6 Å². The third-order valence-corrected chi connectivity index (χ3v) is 4.31. The summed E-state index contributed by atoms with van der Waals surface area (Å²) in [5.41, 5.74) is 2.61. The normalized spacial score (nSPS) is 14.0. The SMILES string of the molecule is O=C(Nc1cc(-c2ccccc2)on1)Nc1ccccc1N1CCOCC1. The molecule has 1 saturated heterocycles. The molecule has 7 heteroatoms. The molecule has 2 N–H and O–H groups in total. The van der Waals surface area contributed by atoms with Gasteiger partial charge in [0.15, 0.2) is 11.6 Å².